The van der Waals surface area contributed by atoms with Gasteiger partial charge in [0, 0.05) is 51.7 Å². The maximum absolute atomic E-state index is 12.7. The molecule has 0 aromatic carbocycles. The number of rotatable bonds is 3. The number of amides is 1. The van der Waals surface area contributed by atoms with Crippen LogP contribution >= 0.6 is 0 Å². The van der Waals surface area contributed by atoms with Crippen LogP contribution in [0.1, 0.15) is 22.7 Å². The van der Waals surface area contributed by atoms with Crippen LogP contribution in [-0.4, -0.2) is 86.2 Å². The van der Waals surface area contributed by atoms with Crippen molar-refractivity contribution in [2.24, 2.45) is 11.8 Å². The number of aryl methyl sites for hydroxylation is 1. The molecule has 138 valence electrons. The molecule has 1 aromatic heterocycles. The summed E-state index contributed by atoms with van der Waals surface area (Å²) in [5.41, 5.74) is 0. The lowest BCUT2D eigenvalue weighted by Crippen LogP contribution is -2.50. The van der Waals surface area contributed by atoms with E-state index in [2.05, 4.69) is 16.8 Å². The molecule has 0 radical (unpaired) electrons. The number of nitrogens with zero attached hydrogens (tertiary/aromatic N) is 3. The smallest absolute Gasteiger partial charge is 0.289 e. The fourth-order valence-electron chi connectivity index (χ4n) is 4.39. The number of ether oxygens (including phenoxy) is 1. The molecule has 6 nitrogen and oxygen atoms in total. The van der Waals surface area contributed by atoms with Crippen molar-refractivity contribution in [3.8, 4) is 0 Å². The van der Waals surface area contributed by atoms with E-state index in [1.54, 1.807) is 6.07 Å². The largest absolute Gasteiger partial charge is 0.456 e. The van der Waals surface area contributed by atoms with Crippen LogP contribution in [0, 0.1) is 18.8 Å². The van der Waals surface area contributed by atoms with Crippen molar-refractivity contribution in [3.05, 3.63) is 23.7 Å². The first-order chi connectivity index (χ1) is 12.1. The van der Waals surface area contributed by atoms with Gasteiger partial charge < -0.3 is 19.0 Å². The van der Waals surface area contributed by atoms with E-state index in [9.17, 15) is 4.79 Å². The van der Waals surface area contributed by atoms with Crippen molar-refractivity contribution >= 4 is 5.91 Å². The monoisotopic (exact) mass is 347 g/mol. The van der Waals surface area contributed by atoms with E-state index in [1.165, 1.54) is 0 Å². The van der Waals surface area contributed by atoms with E-state index in [-0.39, 0.29) is 12.0 Å². The van der Waals surface area contributed by atoms with Crippen molar-refractivity contribution in [3.63, 3.8) is 0 Å². The molecule has 3 saturated heterocycles. The van der Waals surface area contributed by atoms with E-state index in [0.29, 0.717) is 17.6 Å². The van der Waals surface area contributed by atoms with Crippen LogP contribution in [0.2, 0.25) is 0 Å². The Morgan fingerprint density at radius 1 is 1.20 bits per heavy atom. The molecule has 3 atom stereocenters. The summed E-state index contributed by atoms with van der Waals surface area (Å²) in [6.45, 7) is 9.81. The zero-order valence-corrected chi connectivity index (χ0v) is 15.3. The molecule has 3 fully saturated rings. The third kappa shape index (κ3) is 3.61. The van der Waals surface area contributed by atoms with Crippen LogP contribution in [-0.2, 0) is 4.74 Å². The van der Waals surface area contributed by atoms with E-state index >= 15 is 0 Å². The highest BCUT2D eigenvalue weighted by Crippen LogP contribution is 2.35. The van der Waals surface area contributed by atoms with Crippen molar-refractivity contribution in [1.82, 2.24) is 14.7 Å². The van der Waals surface area contributed by atoms with E-state index in [0.717, 1.165) is 64.6 Å². The molecule has 6 heteroatoms. The van der Waals surface area contributed by atoms with Gasteiger partial charge in [0.05, 0.1) is 12.7 Å². The average Bonchev–Trinajstić information content (AvgIpc) is 3.22. The fraction of sp³-hybridized carbons (Fsp3) is 0.737. The standard InChI is InChI=1S/C19H29N3O3/c1-14-3-4-17(25-14)19(23)22-6-5-15-13-24-18(16(15)11-22)12-21-9-7-20(2)8-10-21/h3-4,15-16,18H,5-13H2,1-2H3/t15-,16-,18-/m1/s1. The Morgan fingerprint density at radius 3 is 2.72 bits per heavy atom. The Balaban J connectivity index is 1.38. The van der Waals surface area contributed by atoms with Crippen molar-refractivity contribution in [1.29, 1.82) is 0 Å². The summed E-state index contributed by atoms with van der Waals surface area (Å²) >= 11 is 0. The van der Waals surface area contributed by atoms with Crippen molar-refractivity contribution in [2.45, 2.75) is 19.4 Å². The maximum atomic E-state index is 12.7. The maximum Gasteiger partial charge on any atom is 0.289 e. The summed E-state index contributed by atoms with van der Waals surface area (Å²) in [5.74, 6) is 2.32. The molecular weight excluding hydrogens is 318 g/mol. The first-order valence-corrected chi connectivity index (χ1v) is 9.48. The number of likely N-dealkylation sites (tertiary alicyclic amines) is 1. The van der Waals surface area contributed by atoms with Gasteiger partial charge in [-0.25, -0.2) is 0 Å². The lowest BCUT2D eigenvalue weighted by molar-refractivity contribution is 0.0284. The highest BCUT2D eigenvalue weighted by molar-refractivity contribution is 5.91. The van der Waals surface area contributed by atoms with Gasteiger partial charge >= 0.3 is 0 Å². The summed E-state index contributed by atoms with van der Waals surface area (Å²) < 4.78 is 11.7. The number of likely N-dealkylation sites (N-methyl/N-ethyl adjacent to an activating group) is 1. The molecule has 0 aliphatic carbocycles. The van der Waals surface area contributed by atoms with Gasteiger partial charge in [0.25, 0.3) is 5.91 Å². The highest BCUT2D eigenvalue weighted by atomic mass is 16.5. The number of furan rings is 1. The second-order valence-electron chi connectivity index (χ2n) is 7.85. The average molecular weight is 347 g/mol. The number of hydrogen-bond acceptors (Lipinski definition) is 5. The molecule has 1 aromatic rings. The van der Waals surface area contributed by atoms with Crippen LogP contribution in [0.5, 0.6) is 0 Å². The number of carbonyl (C=O) groups is 1. The lowest BCUT2D eigenvalue weighted by atomic mass is 9.84. The number of fused-ring (bicyclic) bond motifs is 1. The Kier molecular flexibility index (Phi) is 4.84. The van der Waals surface area contributed by atoms with Crippen LogP contribution in [0.4, 0.5) is 0 Å². The number of piperidine rings is 1. The molecule has 4 rings (SSSR count). The SMILES string of the molecule is Cc1ccc(C(=O)N2CC[C@@H]3CO[C@H](CN4CCN(C)CC4)[C@@H]3C2)o1. The Hall–Kier alpha value is -1.37. The summed E-state index contributed by atoms with van der Waals surface area (Å²) in [6.07, 6.45) is 1.29. The third-order valence-electron chi connectivity index (χ3n) is 6.08. The number of carbonyl (C=O) groups excluding carboxylic acids is 1. The van der Waals surface area contributed by atoms with Crippen molar-refractivity contribution < 1.29 is 13.9 Å². The second kappa shape index (κ2) is 7.09. The molecule has 3 aliphatic rings. The van der Waals surface area contributed by atoms with Gasteiger partial charge in [-0.05, 0) is 38.4 Å². The summed E-state index contributed by atoms with van der Waals surface area (Å²) in [6, 6.07) is 3.64. The molecular formula is C19H29N3O3. The molecule has 1 amide bonds. The van der Waals surface area contributed by atoms with Gasteiger partial charge in [-0.3, -0.25) is 9.69 Å². The predicted molar refractivity (Wildman–Crippen MR) is 94.6 cm³/mol. The minimum Gasteiger partial charge on any atom is -0.456 e. The van der Waals surface area contributed by atoms with Gasteiger partial charge in [0.15, 0.2) is 5.76 Å². The Labute approximate surface area is 149 Å². The van der Waals surface area contributed by atoms with E-state index in [1.807, 2.05) is 17.9 Å². The molecule has 3 aliphatic heterocycles. The van der Waals surface area contributed by atoms with E-state index < -0.39 is 0 Å². The summed E-state index contributed by atoms with van der Waals surface area (Å²) in [5, 5.41) is 0. The predicted octanol–water partition coefficient (Wildman–Crippen LogP) is 1.31. The number of piperazine rings is 1. The van der Waals surface area contributed by atoms with Crippen LogP contribution in [0.15, 0.2) is 16.5 Å². The van der Waals surface area contributed by atoms with Crippen LogP contribution in [0.25, 0.3) is 0 Å². The first-order valence-electron chi connectivity index (χ1n) is 9.48. The molecule has 4 heterocycles. The molecule has 0 unspecified atom stereocenters. The Bertz CT molecular complexity index is 609. The molecule has 0 saturated carbocycles. The Morgan fingerprint density at radius 2 is 2.00 bits per heavy atom. The highest BCUT2D eigenvalue weighted by Gasteiger charge is 2.43. The normalized spacial score (nSPS) is 31.3. The molecule has 0 spiro atoms. The number of hydrogen-bond donors (Lipinski definition) is 0. The van der Waals surface area contributed by atoms with Gasteiger partial charge in [-0.1, -0.05) is 0 Å². The fourth-order valence-corrected chi connectivity index (χ4v) is 4.39. The lowest BCUT2D eigenvalue weighted by Gasteiger charge is -2.38. The zero-order chi connectivity index (χ0) is 17.4. The quantitative estimate of drug-likeness (QED) is 0.825. The van der Waals surface area contributed by atoms with Gasteiger partial charge in [0.2, 0.25) is 0 Å². The van der Waals surface area contributed by atoms with E-state index in [4.69, 9.17) is 9.15 Å². The molecule has 25 heavy (non-hydrogen) atoms. The summed E-state index contributed by atoms with van der Waals surface area (Å²) in [7, 11) is 2.18. The van der Waals surface area contributed by atoms with Gasteiger partial charge in [-0.15, -0.1) is 0 Å². The summed E-state index contributed by atoms with van der Waals surface area (Å²) in [4.78, 5) is 19.6. The minimum absolute atomic E-state index is 0.0248. The van der Waals surface area contributed by atoms with Crippen LogP contribution < -0.4 is 0 Å². The first kappa shape index (κ1) is 17.1. The molecule has 0 N–H and O–H groups in total. The zero-order valence-electron chi connectivity index (χ0n) is 15.3. The third-order valence-corrected chi connectivity index (χ3v) is 6.08. The topological polar surface area (TPSA) is 49.2 Å². The van der Waals surface area contributed by atoms with Crippen molar-refractivity contribution in [2.75, 3.05) is 59.5 Å². The molecule has 0 bridgehead atoms. The van der Waals surface area contributed by atoms with Gasteiger partial charge in [-0.2, -0.15) is 0 Å². The van der Waals surface area contributed by atoms with Crippen LogP contribution in [0.3, 0.4) is 0 Å². The second-order valence-corrected chi connectivity index (χ2v) is 7.85. The minimum atomic E-state index is 0.0248. The van der Waals surface area contributed by atoms with Gasteiger partial charge in [0.1, 0.15) is 5.76 Å².